The Kier molecular flexibility index (Phi) is 46.2. The molecule has 38 nitrogen and oxygen atoms in total. The second-order valence-electron chi connectivity index (χ2n) is 26.2. The van der Waals surface area contributed by atoms with E-state index in [1.165, 1.54) is 5.06 Å². The van der Waals surface area contributed by atoms with Crippen molar-refractivity contribution >= 4 is 91.3 Å². The van der Waals surface area contributed by atoms with E-state index in [-0.39, 0.29) is 108 Å². The first kappa shape index (κ1) is 106. The molecule has 0 saturated carbocycles. The maximum absolute atomic E-state index is 14.0. The third-order valence-electron chi connectivity index (χ3n) is 16.9. The summed E-state index contributed by atoms with van der Waals surface area (Å²) in [7, 11) is -11.1. The molecule has 2 aromatic heterocycles. The molecule has 128 heavy (non-hydrogen) atoms. The normalized spacial score (nSPS) is 12.7. The van der Waals surface area contributed by atoms with Crippen LogP contribution in [0.25, 0.3) is 34.4 Å². The molecule has 2 amide bonds. The third-order valence-corrected chi connectivity index (χ3v) is 18.6. The molecular weight excluding hydrogens is 1760 g/mol. The maximum Gasteiger partial charge on any atom is 0.313 e. The second kappa shape index (κ2) is 55.8. The van der Waals surface area contributed by atoms with Crippen molar-refractivity contribution in [2.24, 2.45) is 21.5 Å². The summed E-state index contributed by atoms with van der Waals surface area (Å²) in [4.78, 5) is 99.8. The van der Waals surface area contributed by atoms with Crippen LogP contribution in [0.15, 0.2) is 92.1 Å². The second-order valence-corrected chi connectivity index (χ2v) is 28.9. The fraction of sp³-hybridized carbons (Fsp3) is 0.450. The summed E-state index contributed by atoms with van der Waals surface area (Å²) >= 11 is 0. The predicted molar refractivity (Wildman–Crippen MR) is 436 cm³/mol. The summed E-state index contributed by atoms with van der Waals surface area (Å²) in [6.45, 7) is 15.6. The molecule has 8 rings (SSSR count). The van der Waals surface area contributed by atoms with E-state index in [9.17, 15) is 80.7 Å². The van der Waals surface area contributed by atoms with E-state index in [4.69, 9.17) is 82.6 Å². The van der Waals surface area contributed by atoms with Gasteiger partial charge in [-0.3, -0.25) is 48.0 Å². The standard InChI is InChI=1S/C50H68F4N6O18S.C24H27N5O5.C6H2F4O4S/c1-3-9-60(77-4-2)50(63)37-30-36-6-5-35(31-39(36)59-40(55)32-37)38-33-57-48(58-34-38)49(62)56-8-11-68-13-15-70-17-19-72-21-23-74-25-27-76-29-28-75-26-24-73-22-20-71-18-16-69-14-12-67-10-7-41(61)78-46-42(51)44(53)47(79(64,65)66)45(54)43(46)52;1-3-26-24(34-4-2)22(32)17-9-16-6-5-15(10-19(16)29-21(25)11-17)18-12-27-23(28-13-18)20(31)7-8-33-14-30;7-1-3(9)6(15(12,13)14)4(10)2(8)5(1)11/h5-6,30-31,33-34H,3-4,7-29,32H2,1-2H3,(H2,55,59)(H,56,62)(H,64,65,66);5-6,9-10,12-14,24,26H,3-4,7-8,11H2,1-2H3,(H2,25,29);11H,(H,12,13,14). The van der Waals surface area contributed by atoms with Crippen LogP contribution >= 0.6 is 0 Å². The number of hydrogen-bond acceptors (Lipinski definition) is 34. The number of Topliss-reactive ketones (excluding diaryl/α,β-unsaturated/α-hetero) is 2. The van der Waals surface area contributed by atoms with Crippen LogP contribution in [0.5, 0.6) is 11.5 Å². The number of amides is 2. The summed E-state index contributed by atoms with van der Waals surface area (Å²) in [5.41, 5.74) is 18.9. The van der Waals surface area contributed by atoms with Gasteiger partial charge in [0.25, 0.3) is 18.3 Å². The van der Waals surface area contributed by atoms with Crippen molar-refractivity contribution in [1.29, 1.82) is 0 Å². The van der Waals surface area contributed by atoms with E-state index in [0.29, 0.717) is 164 Å². The number of nitrogens with two attached hydrogens (primary N) is 2. The molecule has 2 aliphatic heterocycles. The number of nitrogens with zero attached hydrogens (tertiary/aromatic N) is 7. The number of benzene rings is 4. The first-order valence-electron chi connectivity index (χ1n) is 39.3. The molecule has 4 heterocycles. The zero-order valence-electron chi connectivity index (χ0n) is 69.8. The number of hydroxylamine groups is 2. The molecule has 1 atom stereocenters. The van der Waals surface area contributed by atoms with Gasteiger partial charge in [0.1, 0.15) is 11.7 Å². The van der Waals surface area contributed by atoms with Crippen molar-refractivity contribution in [2.75, 3.05) is 172 Å². The molecule has 0 aliphatic carbocycles. The lowest BCUT2D eigenvalue weighted by atomic mass is 10.0. The maximum atomic E-state index is 14.0. The Bertz CT molecular complexity index is 4980. The summed E-state index contributed by atoms with van der Waals surface area (Å²) in [5.74, 6) is -24.6. The molecule has 0 bridgehead atoms. The molecule has 1 unspecified atom stereocenters. The first-order chi connectivity index (χ1) is 61.3. The van der Waals surface area contributed by atoms with Gasteiger partial charge in [0.05, 0.1) is 163 Å². The first-order valence-corrected chi connectivity index (χ1v) is 42.2. The highest BCUT2D eigenvalue weighted by atomic mass is 32.2. The Labute approximate surface area is 729 Å². The highest BCUT2D eigenvalue weighted by Gasteiger charge is 2.36. The number of halogens is 8. The number of phenols is 1. The summed E-state index contributed by atoms with van der Waals surface area (Å²) < 4.78 is 235. The van der Waals surface area contributed by atoms with Crippen molar-refractivity contribution in [3.63, 3.8) is 0 Å². The van der Waals surface area contributed by atoms with Crippen LogP contribution in [-0.4, -0.2) is 281 Å². The fourth-order valence-corrected chi connectivity index (χ4v) is 12.2. The Balaban J connectivity index is 0.000000416. The number of hydrogen-bond donors (Lipinski definition) is 7. The minimum absolute atomic E-state index is 0.00856. The van der Waals surface area contributed by atoms with Crippen LogP contribution in [0.3, 0.4) is 0 Å². The number of amidine groups is 2. The predicted octanol–water partition coefficient (Wildman–Crippen LogP) is 7.21. The highest BCUT2D eigenvalue weighted by Crippen LogP contribution is 2.37. The van der Waals surface area contributed by atoms with Gasteiger partial charge in [-0.1, -0.05) is 38.1 Å². The van der Waals surface area contributed by atoms with E-state index in [1.807, 2.05) is 64.1 Å². The van der Waals surface area contributed by atoms with Gasteiger partial charge in [0.2, 0.25) is 46.4 Å². The van der Waals surface area contributed by atoms with E-state index >= 15 is 0 Å². The highest BCUT2D eigenvalue weighted by molar-refractivity contribution is 7.86. The average molecular weight is 1860 g/mol. The monoisotopic (exact) mass is 1860 g/mol. The largest absolute Gasteiger partial charge is 0.503 e. The van der Waals surface area contributed by atoms with Crippen molar-refractivity contribution < 1.29 is 161 Å². The van der Waals surface area contributed by atoms with Gasteiger partial charge in [-0.2, -0.15) is 34.4 Å². The number of fused-ring (bicyclic) bond motifs is 2. The SMILES string of the molecule is CCCN(OCC)C(=O)C1=Cc2ccc(-c3cnc(C(=O)NCCOCCOCCOCCOCCOCCOCCOCCOCCOCCOCCC(=O)Oc4c(F)c(F)c(S(=O)(=O)O)c(F)c4F)nc3)cc2N=C(N)C1.CCNC(OCC)C(=O)C1=Cc2ccc(-c3cnc(C(=O)CCOC=O)nc3)cc2N=C(N)C1.O=S(=O)(O)c1c(F)c(F)c(O)c(F)c1F. The van der Waals surface area contributed by atoms with E-state index in [0.717, 1.165) is 28.7 Å². The molecule has 0 saturated heterocycles. The minimum Gasteiger partial charge on any atom is -0.503 e. The fourth-order valence-electron chi connectivity index (χ4n) is 10.9. The third kappa shape index (κ3) is 34.7. The van der Waals surface area contributed by atoms with Gasteiger partial charge in [0.15, 0.2) is 50.9 Å². The number of aliphatic imine (C=N–C) groups is 2. The summed E-state index contributed by atoms with van der Waals surface area (Å²) in [5, 5.41) is 15.6. The Hall–Kier alpha value is -10.8. The number of phenolic OH excluding ortho intramolecular Hbond substituents is 1. The van der Waals surface area contributed by atoms with Crippen LogP contribution in [0.4, 0.5) is 46.5 Å². The van der Waals surface area contributed by atoms with Crippen molar-refractivity contribution in [3.8, 4) is 33.8 Å². The smallest absolute Gasteiger partial charge is 0.313 e. The quantitative estimate of drug-likeness (QED) is 0.00189. The molecule has 4 aromatic carbocycles. The van der Waals surface area contributed by atoms with E-state index in [2.05, 4.69) is 50.0 Å². The summed E-state index contributed by atoms with van der Waals surface area (Å²) in [6.07, 6.45) is 9.59. The summed E-state index contributed by atoms with van der Waals surface area (Å²) in [6, 6.07) is 11.1. The number of aromatic hydroxyl groups is 1. The van der Waals surface area contributed by atoms with Crippen molar-refractivity contribution in [1.82, 2.24) is 35.6 Å². The van der Waals surface area contributed by atoms with Crippen LogP contribution in [0.2, 0.25) is 0 Å². The Morgan fingerprint density at radius 1 is 0.508 bits per heavy atom. The van der Waals surface area contributed by atoms with Gasteiger partial charge in [0, 0.05) is 97.1 Å². The number of rotatable bonds is 55. The van der Waals surface area contributed by atoms with Gasteiger partial charge in [-0.15, -0.1) is 0 Å². The zero-order chi connectivity index (χ0) is 93.7. The van der Waals surface area contributed by atoms with Crippen LogP contribution < -0.4 is 26.8 Å². The number of esters is 1. The van der Waals surface area contributed by atoms with E-state index in [1.54, 1.807) is 36.9 Å². The number of carbonyl (C=O) groups excluding carboxylic acids is 6. The lowest BCUT2D eigenvalue weighted by Gasteiger charge is -2.21. The molecule has 48 heteroatoms. The van der Waals surface area contributed by atoms with Gasteiger partial charge in [-0.25, -0.2) is 52.5 Å². The van der Waals surface area contributed by atoms with Crippen LogP contribution in [-0.2, 0) is 101 Å². The lowest BCUT2D eigenvalue weighted by molar-refractivity contribution is -0.180. The molecular formula is C80H97F8N11O27S2. The molecule has 6 aromatic rings. The van der Waals surface area contributed by atoms with Crippen LogP contribution in [0, 0.1) is 46.5 Å². The molecule has 9 N–H and O–H groups in total. The number of ether oxygens (including phenoxy) is 13. The number of nitrogens with one attached hydrogen (secondary N) is 2. The topological polar surface area (TPSA) is 516 Å². The number of ketones is 2. The minimum atomic E-state index is -5.65. The van der Waals surface area contributed by atoms with Crippen molar-refractivity contribution in [2.45, 2.75) is 75.8 Å². The Morgan fingerprint density at radius 2 is 0.906 bits per heavy atom. The molecule has 0 radical (unpaired) electrons. The van der Waals surface area contributed by atoms with Gasteiger partial charge < -0.3 is 83.5 Å². The molecule has 702 valence electrons. The number of carbonyl (C=O) groups is 6. The molecule has 0 fully saturated rings. The van der Waals surface area contributed by atoms with Gasteiger partial charge >= 0.3 is 26.2 Å². The van der Waals surface area contributed by atoms with E-state index < -0.39 is 113 Å². The molecule has 2 aliphatic rings. The number of likely N-dealkylation sites (N-methyl/N-ethyl adjacent to an activating group) is 1. The molecule has 0 spiro atoms. The lowest BCUT2D eigenvalue weighted by Crippen LogP contribution is -2.40. The Morgan fingerprint density at radius 3 is 1.30 bits per heavy atom. The van der Waals surface area contributed by atoms with Gasteiger partial charge in [-0.05, 0) is 62.2 Å². The zero-order valence-corrected chi connectivity index (χ0v) is 71.4. The average Bonchev–Trinajstić information content (AvgIpc) is 0.893. The van der Waals surface area contributed by atoms with Crippen LogP contribution in [0.1, 0.15) is 92.2 Å². The number of aromatic nitrogens is 4. The van der Waals surface area contributed by atoms with Crippen molar-refractivity contribution in [3.05, 3.63) is 142 Å².